The van der Waals surface area contributed by atoms with E-state index in [1.54, 1.807) is 11.3 Å². The minimum atomic E-state index is 0.270. The topological polar surface area (TPSA) is 32.3 Å². The molecule has 1 saturated heterocycles. The predicted octanol–water partition coefficient (Wildman–Crippen LogP) is 1.50. The van der Waals surface area contributed by atoms with Gasteiger partial charge in [0.1, 0.15) is 0 Å². The van der Waals surface area contributed by atoms with Gasteiger partial charge >= 0.3 is 0 Å². The van der Waals surface area contributed by atoms with E-state index in [2.05, 4.69) is 17.6 Å². The second-order valence-electron chi connectivity index (χ2n) is 4.21. The van der Waals surface area contributed by atoms with Crippen LogP contribution in [0.3, 0.4) is 0 Å². The van der Waals surface area contributed by atoms with Crippen molar-refractivity contribution in [1.29, 1.82) is 0 Å². The third-order valence-electron chi connectivity index (χ3n) is 2.92. The van der Waals surface area contributed by atoms with Crippen LogP contribution < -0.4 is 5.32 Å². The first kappa shape index (κ1) is 11.6. The number of amides is 1. The number of nitrogens with one attached hydrogen (secondary N) is 1. The standard InChI is InChI=1S/C12H18N2OS/c1-2-4-14(11-7-13-8-11)12(15)6-10-3-5-16-9-10/h3,5,9,11,13H,2,4,6-8H2,1H3. The monoisotopic (exact) mass is 238 g/mol. The molecule has 16 heavy (non-hydrogen) atoms. The molecule has 0 saturated carbocycles. The van der Waals surface area contributed by atoms with Crippen LogP contribution >= 0.6 is 11.3 Å². The zero-order valence-electron chi connectivity index (χ0n) is 9.61. The van der Waals surface area contributed by atoms with Crippen LogP contribution in [-0.4, -0.2) is 36.5 Å². The number of hydrogen-bond donors (Lipinski definition) is 1. The van der Waals surface area contributed by atoms with Gasteiger partial charge in [0.05, 0.1) is 12.5 Å². The van der Waals surface area contributed by atoms with Crippen molar-refractivity contribution in [2.75, 3.05) is 19.6 Å². The third-order valence-corrected chi connectivity index (χ3v) is 3.65. The molecule has 1 N–H and O–H groups in total. The van der Waals surface area contributed by atoms with Gasteiger partial charge in [0, 0.05) is 19.6 Å². The van der Waals surface area contributed by atoms with Crippen molar-refractivity contribution in [2.24, 2.45) is 0 Å². The second-order valence-corrected chi connectivity index (χ2v) is 4.99. The normalized spacial score (nSPS) is 15.8. The number of carbonyl (C=O) groups excluding carboxylic acids is 1. The summed E-state index contributed by atoms with van der Waals surface area (Å²) in [6, 6.07) is 2.46. The lowest BCUT2D eigenvalue weighted by atomic mass is 10.1. The van der Waals surface area contributed by atoms with Crippen molar-refractivity contribution in [2.45, 2.75) is 25.8 Å². The summed E-state index contributed by atoms with van der Waals surface area (Å²) in [5.74, 6) is 0.270. The van der Waals surface area contributed by atoms with Gasteiger partial charge in [-0.25, -0.2) is 0 Å². The molecule has 0 aromatic carbocycles. The van der Waals surface area contributed by atoms with Crippen LogP contribution in [0.1, 0.15) is 18.9 Å². The molecule has 1 amide bonds. The minimum absolute atomic E-state index is 0.270. The molecular weight excluding hydrogens is 220 g/mol. The van der Waals surface area contributed by atoms with E-state index in [4.69, 9.17) is 0 Å². The molecular formula is C12H18N2OS. The number of thiophene rings is 1. The summed E-state index contributed by atoms with van der Waals surface area (Å²) in [5.41, 5.74) is 1.14. The fourth-order valence-corrected chi connectivity index (χ4v) is 2.58. The Morgan fingerprint density at radius 1 is 1.62 bits per heavy atom. The van der Waals surface area contributed by atoms with E-state index in [0.717, 1.165) is 31.6 Å². The molecule has 0 spiro atoms. The lowest BCUT2D eigenvalue weighted by Gasteiger charge is -2.38. The molecule has 1 fully saturated rings. The van der Waals surface area contributed by atoms with Crippen LogP contribution in [-0.2, 0) is 11.2 Å². The van der Waals surface area contributed by atoms with Crippen molar-refractivity contribution in [3.8, 4) is 0 Å². The van der Waals surface area contributed by atoms with E-state index in [1.165, 1.54) is 0 Å². The largest absolute Gasteiger partial charge is 0.337 e. The van der Waals surface area contributed by atoms with Gasteiger partial charge in [-0.1, -0.05) is 6.92 Å². The van der Waals surface area contributed by atoms with Crippen LogP contribution in [0.5, 0.6) is 0 Å². The van der Waals surface area contributed by atoms with Crippen molar-refractivity contribution < 1.29 is 4.79 Å². The summed E-state index contributed by atoms with van der Waals surface area (Å²) < 4.78 is 0. The molecule has 2 rings (SSSR count). The Kier molecular flexibility index (Phi) is 3.96. The Hall–Kier alpha value is -0.870. The van der Waals surface area contributed by atoms with Crippen LogP contribution in [0.2, 0.25) is 0 Å². The molecule has 0 bridgehead atoms. The summed E-state index contributed by atoms with van der Waals surface area (Å²) in [6.07, 6.45) is 1.59. The summed E-state index contributed by atoms with van der Waals surface area (Å²) in [7, 11) is 0. The third kappa shape index (κ3) is 2.62. The molecule has 0 unspecified atom stereocenters. The number of rotatable bonds is 5. The highest BCUT2D eigenvalue weighted by Crippen LogP contribution is 2.12. The van der Waals surface area contributed by atoms with Gasteiger partial charge in [-0.3, -0.25) is 4.79 Å². The molecule has 88 valence electrons. The Morgan fingerprint density at radius 2 is 2.44 bits per heavy atom. The Labute approximate surface area is 100 Å². The van der Waals surface area contributed by atoms with E-state index >= 15 is 0 Å². The van der Waals surface area contributed by atoms with Gasteiger partial charge in [0.2, 0.25) is 5.91 Å². The molecule has 1 aliphatic rings. The van der Waals surface area contributed by atoms with Crippen LogP contribution in [0.15, 0.2) is 16.8 Å². The van der Waals surface area contributed by atoms with E-state index in [1.807, 2.05) is 16.3 Å². The van der Waals surface area contributed by atoms with Gasteiger partial charge in [-0.2, -0.15) is 11.3 Å². The summed E-state index contributed by atoms with van der Waals surface area (Å²) >= 11 is 1.65. The van der Waals surface area contributed by atoms with Gasteiger partial charge in [0.25, 0.3) is 0 Å². The molecule has 0 atom stereocenters. The van der Waals surface area contributed by atoms with Gasteiger partial charge in [-0.05, 0) is 28.8 Å². The SMILES string of the molecule is CCCN(C(=O)Cc1ccsc1)C1CNC1. The lowest BCUT2D eigenvalue weighted by molar-refractivity contribution is -0.133. The van der Waals surface area contributed by atoms with Gasteiger partial charge in [0.15, 0.2) is 0 Å². The maximum absolute atomic E-state index is 12.1. The molecule has 1 aromatic rings. The van der Waals surface area contributed by atoms with Gasteiger partial charge < -0.3 is 10.2 Å². The average molecular weight is 238 g/mol. The van der Waals surface area contributed by atoms with E-state index in [9.17, 15) is 4.79 Å². The zero-order chi connectivity index (χ0) is 11.4. The van der Waals surface area contributed by atoms with E-state index < -0.39 is 0 Å². The van der Waals surface area contributed by atoms with E-state index in [0.29, 0.717) is 12.5 Å². The lowest BCUT2D eigenvalue weighted by Crippen LogP contribution is -2.59. The second kappa shape index (κ2) is 5.46. The van der Waals surface area contributed by atoms with E-state index in [-0.39, 0.29) is 5.91 Å². The van der Waals surface area contributed by atoms with Crippen molar-refractivity contribution in [1.82, 2.24) is 10.2 Å². The first-order valence-electron chi connectivity index (χ1n) is 5.82. The fraction of sp³-hybridized carbons (Fsp3) is 0.583. The highest BCUT2D eigenvalue weighted by molar-refractivity contribution is 7.07. The summed E-state index contributed by atoms with van der Waals surface area (Å²) in [4.78, 5) is 14.2. The summed E-state index contributed by atoms with van der Waals surface area (Å²) in [5, 5.41) is 7.30. The molecule has 0 radical (unpaired) electrons. The molecule has 3 nitrogen and oxygen atoms in total. The van der Waals surface area contributed by atoms with Gasteiger partial charge in [-0.15, -0.1) is 0 Å². The fourth-order valence-electron chi connectivity index (χ4n) is 1.92. The van der Waals surface area contributed by atoms with Crippen molar-refractivity contribution in [3.63, 3.8) is 0 Å². The molecule has 1 aromatic heterocycles. The number of carbonyl (C=O) groups is 1. The molecule has 1 aliphatic heterocycles. The quantitative estimate of drug-likeness (QED) is 0.843. The summed E-state index contributed by atoms with van der Waals surface area (Å²) in [6.45, 7) is 4.91. The maximum atomic E-state index is 12.1. The zero-order valence-corrected chi connectivity index (χ0v) is 10.4. The first-order chi connectivity index (χ1) is 7.81. The highest BCUT2D eigenvalue weighted by Gasteiger charge is 2.27. The minimum Gasteiger partial charge on any atom is -0.337 e. The predicted molar refractivity (Wildman–Crippen MR) is 66.7 cm³/mol. The average Bonchev–Trinajstić information content (AvgIpc) is 2.67. The van der Waals surface area contributed by atoms with Crippen LogP contribution in [0.4, 0.5) is 0 Å². The Balaban J connectivity index is 1.93. The Morgan fingerprint density at radius 3 is 2.94 bits per heavy atom. The van der Waals surface area contributed by atoms with Crippen LogP contribution in [0, 0.1) is 0 Å². The highest BCUT2D eigenvalue weighted by atomic mass is 32.1. The van der Waals surface area contributed by atoms with Crippen molar-refractivity contribution >= 4 is 17.2 Å². The van der Waals surface area contributed by atoms with Crippen LogP contribution in [0.25, 0.3) is 0 Å². The molecule has 2 heterocycles. The number of nitrogens with zero attached hydrogens (tertiary/aromatic N) is 1. The first-order valence-corrected chi connectivity index (χ1v) is 6.76. The van der Waals surface area contributed by atoms with Crippen molar-refractivity contribution in [3.05, 3.63) is 22.4 Å². The smallest absolute Gasteiger partial charge is 0.227 e. The molecule has 4 heteroatoms. The molecule has 0 aliphatic carbocycles. The maximum Gasteiger partial charge on any atom is 0.227 e. The Bertz CT molecular complexity index is 333. The number of hydrogen-bond acceptors (Lipinski definition) is 3.